The summed E-state index contributed by atoms with van der Waals surface area (Å²) in [5, 5.41) is 2.63. The van der Waals surface area contributed by atoms with E-state index in [9.17, 15) is 9.59 Å². The summed E-state index contributed by atoms with van der Waals surface area (Å²) < 4.78 is 20.7. The van der Waals surface area contributed by atoms with Gasteiger partial charge in [0, 0.05) is 6.07 Å². The fourth-order valence-corrected chi connectivity index (χ4v) is 2.80. The summed E-state index contributed by atoms with van der Waals surface area (Å²) in [6.07, 6.45) is 0. The van der Waals surface area contributed by atoms with Gasteiger partial charge in [-0.05, 0) is 48.2 Å². The van der Waals surface area contributed by atoms with E-state index < -0.39 is 18.5 Å². The van der Waals surface area contributed by atoms with Crippen LogP contribution in [0.1, 0.15) is 30.9 Å². The summed E-state index contributed by atoms with van der Waals surface area (Å²) in [5.74, 6) is 0.909. The Kier molecular flexibility index (Phi) is 7.88. The van der Waals surface area contributed by atoms with Gasteiger partial charge in [0.25, 0.3) is 5.91 Å². The van der Waals surface area contributed by atoms with E-state index in [2.05, 4.69) is 19.2 Å². The molecule has 2 rings (SSSR count). The van der Waals surface area contributed by atoms with Crippen LogP contribution in [-0.2, 0) is 14.3 Å². The minimum absolute atomic E-state index is 0.278. The Morgan fingerprint density at radius 3 is 2.31 bits per heavy atom. The van der Waals surface area contributed by atoms with Crippen molar-refractivity contribution in [3.05, 3.63) is 47.5 Å². The molecule has 0 saturated carbocycles. The van der Waals surface area contributed by atoms with E-state index in [1.807, 2.05) is 25.1 Å². The molecule has 0 bridgehead atoms. The molecule has 0 atom stereocenters. The summed E-state index contributed by atoms with van der Waals surface area (Å²) >= 11 is 0. The van der Waals surface area contributed by atoms with Gasteiger partial charge < -0.3 is 24.3 Å². The molecule has 7 heteroatoms. The van der Waals surface area contributed by atoms with Crippen LogP contribution in [0.25, 0.3) is 0 Å². The molecule has 0 aliphatic carbocycles. The Labute approximate surface area is 170 Å². The van der Waals surface area contributed by atoms with E-state index >= 15 is 0 Å². The third-order valence-corrected chi connectivity index (χ3v) is 4.27. The van der Waals surface area contributed by atoms with Crippen molar-refractivity contribution >= 4 is 17.6 Å². The Bertz CT molecular complexity index is 862. The van der Waals surface area contributed by atoms with Gasteiger partial charge in [0.2, 0.25) is 0 Å². The number of hydrogen-bond acceptors (Lipinski definition) is 6. The Balaban J connectivity index is 1.82. The summed E-state index contributed by atoms with van der Waals surface area (Å²) in [5.41, 5.74) is 2.77. The minimum atomic E-state index is -0.632. The number of carbonyl (C=O) groups excluding carboxylic acids is 2. The lowest BCUT2D eigenvalue weighted by atomic mass is 9.98. The zero-order valence-electron chi connectivity index (χ0n) is 17.4. The van der Waals surface area contributed by atoms with Gasteiger partial charge in [0.15, 0.2) is 13.2 Å². The third-order valence-electron chi connectivity index (χ3n) is 4.27. The molecule has 0 spiro atoms. The second-order valence-corrected chi connectivity index (χ2v) is 6.74. The van der Waals surface area contributed by atoms with Crippen LogP contribution in [-0.4, -0.2) is 39.3 Å². The zero-order valence-corrected chi connectivity index (χ0v) is 17.4. The molecule has 0 unspecified atom stereocenters. The lowest BCUT2D eigenvalue weighted by molar-refractivity contribution is -0.149. The first-order valence-corrected chi connectivity index (χ1v) is 9.25. The van der Waals surface area contributed by atoms with E-state index in [4.69, 9.17) is 18.9 Å². The van der Waals surface area contributed by atoms with Gasteiger partial charge in [-0.1, -0.05) is 19.9 Å². The Hall–Kier alpha value is -3.22. The molecule has 2 aromatic carbocycles. The molecule has 0 aliphatic rings. The van der Waals surface area contributed by atoms with Gasteiger partial charge in [-0.2, -0.15) is 0 Å². The van der Waals surface area contributed by atoms with Crippen LogP contribution in [0.2, 0.25) is 0 Å². The van der Waals surface area contributed by atoms with E-state index in [0.717, 1.165) is 5.56 Å². The van der Waals surface area contributed by atoms with Gasteiger partial charge in [-0.25, -0.2) is 4.79 Å². The first-order valence-electron chi connectivity index (χ1n) is 9.25. The third kappa shape index (κ3) is 6.41. The number of benzene rings is 2. The number of amides is 1. The van der Waals surface area contributed by atoms with Crippen LogP contribution in [0.15, 0.2) is 36.4 Å². The van der Waals surface area contributed by atoms with E-state index in [-0.39, 0.29) is 6.61 Å². The fraction of sp³-hybridized carbons (Fsp3) is 0.364. The number of esters is 1. The van der Waals surface area contributed by atoms with Crippen molar-refractivity contribution < 1.29 is 28.5 Å². The molecule has 29 heavy (non-hydrogen) atoms. The molecule has 0 aliphatic heterocycles. The standard InChI is InChI=1S/C22H27NO6/c1-14(2)18-8-6-17(10-15(18)3)28-13-22(25)29-12-21(24)23-19-9-7-16(26-4)11-20(19)27-5/h6-11,14H,12-13H2,1-5H3,(H,23,24). The molecule has 2 aromatic rings. The van der Waals surface area contributed by atoms with E-state index in [0.29, 0.717) is 28.9 Å². The maximum atomic E-state index is 12.0. The topological polar surface area (TPSA) is 83.1 Å². The van der Waals surface area contributed by atoms with Crippen LogP contribution >= 0.6 is 0 Å². The normalized spacial score (nSPS) is 10.4. The molecule has 0 radical (unpaired) electrons. The van der Waals surface area contributed by atoms with Gasteiger partial charge in [-0.15, -0.1) is 0 Å². The lowest BCUT2D eigenvalue weighted by Gasteiger charge is -2.13. The summed E-state index contributed by atoms with van der Waals surface area (Å²) in [4.78, 5) is 23.9. The van der Waals surface area contributed by atoms with Crippen molar-refractivity contribution in [1.29, 1.82) is 0 Å². The molecule has 0 fully saturated rings. The number of ether oxygens (including phenoxy) is 4. The maximum Gasteiger partial charge on any atom is 0.344 e. The van der Waals surface area contributed by atoms with Gasteiger partial charge >= 0.3 is 5.97 Å². The first kappa shape index (κ1) is 22.1. The van der Waals surface area contributed by atoms with Crippen LogP contribution in [0.5, 0.6) is 17.2 Å². The smallest absolute Gasteiger partial charge is 0.344 e. The highest BCUT2D eigenvalue weighted by atomic mass is 16.6. The summed E-state index contributed by atoms with van der Waals surface area (Å²) in [6.45, 7) is 5.53. The van der Waals surface area contributed by atoms with Gasteiger partial charge in [0.05, 0.1) is 19.9 Å². The van der Waals surface area contributed by atoms with Crippen LogP contribution in [0, 0.1) is 6.92 Å². The van der Waals surface area contributed by atoms with E-state index in [1.54, 1.807) is 18.2 Å². The molecule has 156 valence electrons. The number of nitrogens with one attached hydrogen (secondary N) is 1. The van der Waals surface area contributed by atoms with Crippen LogP contribution in [0.4, 0.5) is 5.69 Å². The summed E-state index contributed by atoms with van der Waals surface area (Å²) in [6, 6.07) is 10.6. The predicted molar refractivity (Wildman–Crippen MR) is 110 cm³/mol. The second-order valence-electron chi connectivity index (χ2n) is 6.74. The quantitative estimate of drug-likeness (QED) is 0.645. The number of anilines is 1. The van der Waals surface area contributed by atoms with Crippen molar-refractivity contribution in [3.63, 3.8) is 0 Å². The Morgan fingerprint density at radius 2 is 1.69 bits per heavy atom. The van der Waals surface area contributed by atoms with Crippen molar-refractivity contribution in [2.45, 2.75) is 26.7 Å². The van der Waals surface area contributed by atoms with Crippen molar-refractivity contribution in [1.82, 2.24) is 0 Å². The second kappa shape index (κ2) is 10.4. The van der Waals surface area contributed by atoms with E-state index in [1.165, 1.54) is 19.8 Å². The highest BCUT2D eigenvalue weighted by Gasteiger charge is 2.12. The zero-order chi connectivity index (χ0) is 21.4. The van der Waals surface area contributed by atoms with Crippen LogP contribution in [0.3, 0.4) is 0 Å². The number of methoxy groups -OCH3 is 2. The number of carbonyl (C=O) groups is 2. The van der Waals surface area contributed by atoms with Crippen molar-refractivity contribution in [2.24, 2.45) is 0 Å². The first-order chi connectivity index (χ1) is 13.8. The predicted octanol–water partition coefficient (Wildman–Crippen LogP) is 3.70. The van der Waals surface area contributed by atoms with Crippen molar-refractivity contribution in [2.75, 3.05) is 32.8 Å². The highest BCUT2D eigenvalue weighted by Crippen LogP contribution is 2.29. The van der Waals surface area contributed by atoms with Gasteiger partial charge in [-0.3, -0.25) is 4.79 Å². The molecule has 1 amide bonds. The number of rotatable bonds is 9. The summed E-state index contributed by atoms with van der Waals surface area (Å²) in [7, 11) is 3.02. The van der Waals surface area contributed by atoms with Crippen LogP contribution < -0.4 is 19.5 Å². The average molecular weight is 401 g/mol. The molecule has 0 saturated heterocycles. The molecule has 0 heterocycles. The Morgan fingerprint density at radius 1 is 0.966 bits per heavy atom. The SMILES string of the molecule is COc1ccc(NC(=O)COC(=O)COc2ccc(C(C)C)c(C)c2)c(OC)c1. The largest absolute Gasteiger partial charge is 0.497 e. The number of hydrogen-bond donors (Lipinski definition) is 1. The monoisotopic (exact) mass is 401 g/mol. The minimum Gasteiger partial charge on any atom is -0.497 e. The fourth-order valence-electron chi connectivity index (χ4n) is 2.80. The highest BCUT2D eigenvalue weighted by molar-refractivity contribution is 5.94. The maximum absolute atomic E-state index is 12.0. The molecule has 0 aromatic heterocycles. The molecule has 1 N–H and O–H groups in total. The molecule has 7 nitrogen and oxygen atoms in total. The van der Waals surface area contributed by atoms with Crippen molar-refractivity contribution in [3.8, 4) is 17.2 Å². The van der Waals surface area contributed by atoms with Gasteiger partial charge in [0.1, 0.15) is 17.2 Å². The number of aryl methyl sites for hydroxylation is 1. The lowest BCUT2D eigenvalue weighted by Crippen LogP contribution is -2.23. The average Bonchev–Trinajstić information content (AvgIpc) is 2.70. The molecular formula is C22H27NO6. The molecular weight excluding hydrogens is 374 g/mol.